The van der Waals surface area contributed by atoms with Gasteiger partial charge in [0.1, 0.15) is 0 Å². The van der Waals surface area contributed by atoms with Gasteiger partial charge in [0, 0.05) is 31.4 Å². The number of benzene rings is 2. The highest BCUT2D eigenvalue weighted by Gasteiger charge is 2.24. The topological polar surface area (TPSA) is 79.3 Å². The number of aryl methyl sites for hydroxylation is 1. The maximum Gasteiger partial charge on any atom is 0.319 e. The van der Waals surface area contributed by atoms with Crippen LogP contribution in [0.3, 0.4) is 0 Å². The van der Waals surface area contributed by atoms with Crippen molar-refractivity contribution in [3.8, 4) is 0 Å². The fraction of sp³-hybridized carbons (Fsp3) is 0.400. The number of para-hydroxylation sites is 2. The number of amides is 2. The van der Waals surface area contributed by atoms with Crippen molar-refractivity contribution in [2.45, 2.75) is 46.2 Å². The lowest BCUT2D eigenvalue weighted by Crippen LogP contribution is -2.47. The van der Waals surface area contributed by atoms with Crippen LogP contribution in [0.15, 0.2) is 53.3 Å². The molecule has 7 nitrogen and oxygen atoms in total. The van der Waals surface area contributed by atoms with Crippen LogP contribution in [-0.4, -0.2) is 34.7 Å². The van der Waals surface area contributed by atoms with Gasteiger partial charge in [-0.2, -0.15) is 0 Å². The third kappa shape index (κ3) is 4.93. The van der Waals surface area contributed by atoms with Crippen molar-refractivity contribution in [2.75, 3.05) is 23.3 Å². The first-order valence-electron chi connectivity index (χ1n) is 11.3. The molecule has 0 saturated carbocycles. The van der Waals surface area contributed by atoms with Gasteiger partial charge in [0.25, 0.3) is 5.56 Å². The number of rotatable bonds is 5. The molecule has 1 fully saturated rings. The molecule has 2 heterocycles. The zero-order chi connectivity index (χ0) is 22.7. The number of fused-ring (bicyclic) bond motifs is 1. The van der Waals surface area contributed by atoms with E-state index in [2.05, 4.69) is 29.4 Å². The Morgan fingerprint density at radius 1 is 1.09 bits per heavy atom. The van der Waals surface area contributed by atoms with Crippen LogP contribution in [0.1, 0.15) is 32.3 Å². The van der Waals surface area contributed by atoms with Crippen molar-refractivity contribution in [3.63, 3.8) is 0 Å². The van der Waals surface area contributed by atoms with E-state index < -0.39 is 0 Å². The normalized spacial score (nSPS) is 14.7. The largest absolute Gasteiger partial charge is 0.352 e. The summed E-state index contributed by atoms with van der Waals surface area (Å²) in [7, 11) is 0. The maximum atomic E-state index is 13.3. The summed E-state index contributed by atoms with van der Waals surface area (Å²) < 4.78 is 1.85. The van der Waals surface area contributed by atoms with Crippen molar-refractivity contribution < 1.29 is 4.79 Å². The average Bonchev–Trinajstić information content (AvgIpc) is 2.77. The molecule has 1 saturated heterocycles. The molecule has 0 bridgehead atoms. The third-order valence-electron chi connectivity index (χ3n) is 5.82. The van der Waals surface area contributed by atoms with E-state index in [0.717, 1.165) is 35.1 Å². The van der Waals surface area contributed by atoms with Crippen LogP contribution < -0.4 is 21.1 Å². The summed E-state index contributed by atoms with van der Waals surface area (Å²) in [6.07, 6.45) is 1.53. The zero-order valence-corrected chi connectivity index (χ0v) is 19.0. The molecular weight excluding hydrogens is 402 g/mol. The van der Waals surface area contributed by atoms with Gasteiger partial charge < -0.3 is 20.1 Å². The highest BCUT2D eigenvalue weighted by Crippen LogP contribution is 2.19. The molecule has 7 heteroatoms. The molecule has 1 aromatic heterocycles. The number of carbonyl (C=O) groups excluding carboxylic acids is 1. The number of nitrogens with zero attached hydrogens (tertiary/aromatic N) is 3. The van der Waals surface area contributed by atoms with Gasteiger partial charge in [0.2, 0.25) is 0 Å². The van der Waals surface area contributed by atoms with E-state index in [1.807, 2.05) is 60.0 Å². The monoisotopic (exact) mass is 433 g/mol. The Labute approximate surface area is 188 Å². The van der Waals surface area contributed by atoms with Gasteiger partial charge >= 0.3 is 6.03 Å². The molecule has 0 aliphatic carbocycles. The number of carbonyl (C=O) groups is 1. The molecule has 2 amide bonds. The third-order valence-corrected chi connectivity index (χ3v) is 5.82. The Morgan fingerprint density at radius 3 is 2.47 bits per heavy atom. The van der Waals surface area contributed by atoms with Crippen molar-refractivity contribution in [1.82, 2.24) is 14.9 Å². The molecule has 32 heavy (non-hydrogen) atoms. The highest BCUT2D eigenvalue weighted by molar-refractivity contribution is 5.89. The average molecular weight is 434 g/mol. The first kappa shape index (κ1) is 21.9. The molecule has 2 N–H and O–H groups in total. The number of hydrogen-bond acceptors (Lipinski definition) is 4. The van der Waals surface area contributed by atoms with Gasteiger partial charge in [-0.15, -0.1) is 0 Å². The standard InChI is InChI=1S/C25H31N5O2/c1-17(2)16-30-22-7-5-4-6-21(22)28-23(24(30)31)29-14-12-20(13-15-29)27-25(32)26-19-10-8-18(3)9-11-19/h4-11,17,20H,12-16H2,1-3H3,(H2,26,27,32). The minimum Gasteiger partial charge on any atom is -0.352 e. The van der Waals surface area contributed by atoms with E-state index in [1.165, 1.54) is 0 Å². The minimum absolute atomic E-state index is 0.0408. The molecule has 1 aliphatic heterocycles. The fourth-order valence-corrected chi connectivity index (χ4v) is 4.16. The second-order valence-electron chi connectivity index (χ2n) is 8.96. The van der Waals surface area contributed by atoms with Crippen LogP contribution in [0.4, 0.5) is 16.3 Å². The molecule has 4 rings (SSSR count). The summed E-state index contributed by atoms with van der Waals surface area (Å²) in [5.41, 5.74) is 3.59. The van der Waals surface area contributed by atoms with Crippen LogP contribution in [0.2, 0.25) is 0 Å². The van der Waals surface area contributed by atoms with Crippen molar-refractivity contribution >= 4 is 28.6 Å². The van der Waals surface area contributed by atoms with Crippen LogP contribution in [0.5, 0.6) is 0 Å². The molecule has 0 atom stereocenters. The van der Waals surface area contributed by atoms with E-state index in [9.17, 15) is 9.59 Å². The second-order valence-corrected chi connectivity index (χ2v) is 8.96. The van der Waals surface area contributed by atoms with Crippen LogP contribution >= 0.6 is 0 Å². The molecule has 2 aromatic carbocycles. The fourth-order valence-electron chi connectivity index (χ4n) is 4.16. The van der Waals surface area contributed by atoms with Gasteiger partial charge in [-0.1, -0.05) is 43.7 Å². The quantitative estimate of drug-likeness (QED) is 0.634. The highest BCUT2D eigenvalue weighted by atomic mass is 16.2. The van der Waals surface area contributed by atoms with E-state index in [1.54, 1.807) is 0 Å². The van der Waals surface area contributed by atoms with Gasteiger partial charge in [0.15, 0.2) is 5.82 Å². The van der Waals surface area contributed by atoms with Crippen LogP contribution in [-0.2, 0) is 6.54 Å². The predicted molar refractivity (Wildman–Crippen MR) is 129 cm³/mol. The summed E-state index contributed by atoms with van der Waals surface area (Å²) in [5.74, 6) is 0.861. The maximum absolute atomic E-state index is 13.3. The van der Waals surface area contributed by atoms with E-state index in [-0.39, 0.29) is 17.6 Å². The Hall–Kier alpha value is -3.35. The lowest BCUT2D eigenvalue weighted by atomic mass is 10.1. The predicted octanol–water partition coefficient (Wildman–Crippen LogP) is 4.15. The SMILES string of the molecule is Cc1ccc(NC(=O)NC2CCN(c3nc4ccccc4n(CC(C)C)c3=O)CC2)cc1. The Bertz CT molecular complexity index is 1150. The van der Waals surface area contributed by atoms with E-state index in [4.69, 9.17) is 4.98 Å². The Morgan fingerprint density at radius 2 is 1.78 bits per heavy atom. The Balaban J connectivity index is 1.43. The van der Waals surface area contributed by atoms with Crippen LogP contribution in [0, 0.1) is 12.8 Å². The van der Waals surface area contributed by atoms with Gasteiger partial charge in [-0.3, -0.25) is 4.79 Å². The van der Waals surface area contributed by atoms with E-state index >= 15 is 0 Å². The molecule has 0 radical (unpaired) electrons. The summed E-state index contributed by atoms with van der Waals surface area (Å²) in [6.45, 7) is 8.25. The molecule has 3 aromatic rings. The summed E-state index contributed by atoms with van der Waals surface area (Å²) in [6, 6.07) is 15.4. The summed E-state index contributed by atoms with van der Waals surface area (Å²) in [4.78, 5) is 32.4. The number of hydrogen-bond donors (Lipinski definition) is 2. The molecule has 168 valence electrons. The smallest absolute Gasteiger partial charge is 0.319 e. The molecule has 0 spiro atoms. The van der Waals surface area contributed by atoms with Crippen LogP contribution in [0.25, 0.3) is 11.0 Å². The zero-order valence-electron chi connectivity index (χ0n) is 19.0. The number of anilines is 2. The van der Waals surface area contributed by atoms with Crippen molar-refractivity contribution in [3.05, 3.63) is 64.4 Å². The molecule has 1 aliphatic rings. The first-order chi connectivity index (χ1) is 15.4. The van der Waals surface area contributed by atoms with E-state index in [0.29, 0.717) is 31.4 Å². The van der Waals surface area contributed by atoms with Crippen molar-refractivity contribution in [2.24, 2.45) is 5.92 Å². The second kappa shape index (κ2) is 9.42. The number of urea groups is 1. The Kier molecular flexibility index (Phi) is 6.44. The number of piperidine rings is 1. The van der Waals surface area contributed by atoms with Crippen molar-refractivity contribution in [1.29, 1.82) is 0 Å². The number of nitrogens with one attached hydrogen (secondary N) is 2. The minimum atomic E-state index is -0.199. The summed E-state index contributed by atoms with van der Waals surface area (Å²) >= 11 is 0. The van der Waals surface area contributed by atoms with Gasteiger partial charge in [-0.05, 0) is 49.9 Å². The van der Waals surface area contributed by atoms with Gasteiger partial charge in [0.05, 0.1) is 11.0 Å². The first-order valence-corrected chi connectivity index (χ1v) is 11.3. The lowest BCUT2D eigenvalue weighted by molar-refractivity contribution is 0.246. The summed E-state index contributed by atoms with van der Waals surface area (Å²) in [5, 5.41) is 5.94. The lowest BCUT2D eigenvalue weighted by Gasteiger charge is -2.33. The number of aromatic nitrogens is 2. The van der Waals surface area contributed by atoms with Gasteiger partial charge in [-0.25, -0.2) is 9.78 Å². The molecular formula is C25H31N5O2. The molecule has 0 unspecified atom stereocenters.